The maximum Gasteiger partial charge on any atom is 0.262 e. The molecule has 2 aromatic heterocycles. The van der Waals surface area contributed by atoms with E-state index in [0.29, 0.717) is 11.5 Å². The molecule has 2 aromatic rings. The summed E-state index contributed by atoms with van der Waals surface area (Å²) in [5, 5.41) is -0.00398. The summed E-state index contributed by atoms with van der Waals surface area (Å²) in [6.45, 7) is 2.22. The topological polar surface area (TPSA) is 110 Å². The second-order valence-electron chi connectivity index (χ2n) is 5.36. The molecule has 1 aliphatic heterocycles. The van der Waals surface area contributed by atoms with E-state index in [0.717, 1.165) is 0 Å². The molecule has 3 heterocycles. The van der Waals surface area contributed by atoms with Crippen LogP contribution in [0.15, 0.2) is 28.4 Å². The van der Waals surface area contributed by atoms with Crippen molar-refractivity contribution in [2.75, 3.05) is 19.7 Å². The highest BCUT2D eigenvalue weighted by Crippen LogP contribution is 2.24. The van der Waals surface area contributed by atoms with Gasteiger partial charge in [-0.2, -0.15) is 4.31 Å². The van der Waals surface area contributed by atoms with Crippen LogP contribution in [0.4, 0.5) is 0 Å². The lowest BCUT2D eigenvalue weighted by Gasteiger charge is -2.31. The summed E-state index contributed by atoms with van der Waals surface area (Å²) in [5.74, 6) is 0.459. The van der Waals surface area contributed by atoms with E-state index in [1.807, 2.05) is 0 Å². The Kier molecular flexibility index (Phi) is 4.04. The molecule has 0 unspecified atom stereocenters. The molecule has 0 amide bonds. The van der Waals surface area contributed by atoms with E-state index in [2.05, 4.69) is 15.0 Å². The first-order valence-electron chi connectivity index (χ1n) is 7.04. The van der Waals surface area contributed by atoms with Crippen molar-refractivity contribution in [1.29, 1.82) is 0 Å². The summed E-state index contributed by atoms with van der Waals surface area (Å²) in [7, 11) is -1.99. The molecule has 0 spiro atoms. The molecule has 0 radical (unpaired) electrons. The fourth-order valence-electron chi connectivity index (χ4n) is 2.44. The minimum absolute atomic E-state index is 0.00398. The summed E-state index contributed by atoms with van der Waals surface area (Å²) >= 11 is 0. The number of rotatable bonds is 3. The number of ether oxygens (including phenoxy) is 1. The van der Waals surface area contributed by atoms with Crippen molar-refractivity contribution in [2.45, 2.75) is 18.1 Å². The van der Waals surface area contributed by atoms with Gasteiger partial charge >= 0.3 is 0 Å². The zero-order chi connectivity index (χ0) is 16.6. The van der Waals surface area contributed by atoms with E-state index in [9.17, 15) is 13.2 Å². The molecule has 0 bridgehead atoms. The van der Waals surface area contributed by atoms with Crippen LogP contribution in [0.5, 0.6) is 0 Å². The number of morpholine rings is 1. The molecular weight excluding hydrogens is 322 g/mol. The number of aryl methyl sites for hydroxylation is 2. The van der Waals surface area contributed by atoms with Crippen LogP contribution in [-0.4, -0.2) is 51.9 Å². The van der Waals surface area contributed by atoms with Gasteiger partial charge in [-0.15, -0.1) is 0 Å². The van der Waals surface area contributed by atoms with Crippen LogP contribution in [0, 0.1) is 6.92 Å². The van der Waals surface area contributed by atoms with E-state index < -0.39 is 16.1 Å². The third-order valence-corrected chi connectivity index (χ3v) is 5.28. The molecule has 23 heavy (non-hydrogen) atoms. The third-order valence-electron chi connectivity index (χ3n) is 3.52. The van der Waals surface area contributed by atoms with Gasteiger partial charge in [0, 0.05) is 32.4 Å². The molecule has 1 saturated heterocycles. The van der Waals surface area contributed by atoms with E-state index in [1.165, 1.54) is 22.9 Å². The highest BCUT2D eigenvalue weighted by atomic mass is 32.2. The number of aromatic nitrogens is 4. The van der Waals surface area contributed by atoms with Gasteiger partial charge in [0.2, 0.25) is 0 Å². The van der Waals surface area contributed by atoms with Gasteiger partial charge in [-0.05, 0) is 6.92 Å². The predicted molar refractivity (Wildman–Crippen MR) is 80.3 cm³/mol. The number of nitrogens with zero attached hydrogens (tertiary/aromatic N) is 4. The van der Waals surface area contributed by atoms with Gasteiger partial charge in [0.15, 0.2) is 5.03 Å². The maximum absolute atomic E-state index is 12.6. The minimum Gasteiger partial charge on any atom is -0.369 e. The zero-order valence-corrected chi connectivity index (χ0v) is 13.6. The Morgan fingerprint density at radius 2 is 2.22 bits per heavy atom. The summed E-state index contributed by atoms with van der Waals surface area (Å²) in [5.41, 5.74) is 0.132. The Morgan fingerprint density at radius 1 is 1.43 bits per heavy atom. The van der Waals surface area contributed by atoms with Gasteiger partial charge in [-0.1, -0.05) is 0 Å². The van der Waals surface area contributed by atoms with Crippen molar-refractivity contribution < 1.29 is 13.2 Å². The van der Waals surface area contributed by atoms with Gasteiger partial charge in [-0.25, -0.2) is 18.4 Å². The third kappa shape index (κ3) is 3.19. The van der Waals surface area contributed by atoms with Crippen LogP contribution in [-0.2, 0) is 21.8 Å². The molecule has 0 aromatic carbocycles. The summed E-state index contributed by atoms with van der Waals surface area (Å²) in [4.78, 5) is 22.3. The molecule has 9 nitrogen and oxygen atoms in total. The van der Waals surface area contributed by atoms with E-state index in [4.69, 9.17) is 4.74 Å². The van der Waals surface area contributed by atoms with Crippen molar-refractivity contribution in [3.8, 4) is 0 Å². The fourth-order valence-corrected chi connectivity index (χ4v) is 3.84. The van der Waals surface area contributed by atoms with Gasteiger partial charge in [0.25, 0.3) is 15.6 Å². The lowest BCUT2D eigenvalue weighted by Crippen LogP contribution is -2.42. The van der Waals surface area contributed by atoms with Crippen molar-refractivity contribution in [3.05, 3.63) is 40.5 Å². The average Bonchev–Trinajstić information content (AvgIpc) is 2.94. The maximum atomic E-state index is 12.6. The Balaban J connectivity index is 1.87. The first-order chi connectivity index (χ1) is 10.9. The highest BCUT2D eigenvalue weighted by molar-refractivity contribution is 7.89. The number of H-pyrrole nitrogens is 1. The molecule has 1 fully saturated rings. The van der Waals surface area contributed by atoms with Gasteiger partial charge in [0.1, 0.15) is 11.9 Å². The largest absolute Gasteiger partial charge is 0.369 e. The standard InChI is InChI=1S/C13H17N5O4S/c1-9-15-10(5-12(19)16-9)11-6-18(3-4-22-11)23(20,21)13-7-17(2)8-14-13/h5,7-8,11H,3-4,6H2,1-2H3,(H,15,16,19)/t11-/m0/s1. The normalized spacial score (nSPS) is 19.8. The van der Waals surface area contributed by atoms with Crippen LogP contribution in [0.2, 0.25) is 0 Å². The average molecular weight is 339 g/mol. The summed E-state index contributed by atoms with van der Waals surface area (Å²) < 4.78 is 33.7. The predicted octanol–water partition coefficient (Wildman–Crippen LogP) is -0.426. The number of imidazole rings is 1. The molecule has 1 aliphatic rings. The Hall–Kier alpha value is -2.04. The molecule has 1 N–H and O–H groups in total. The molecule has 3 rings (SSSR count). The lowest BCUT2D eigenvalue weighted by molar-refractivity contribution is -0.00521. The van der Waals surface area contributed by atoms with Crippen molar-refractivity contribution in [1.82, 2.24) is 23.8 Å². The van der Waals surface area contributed by atoms with Crippen LogP contribution in [0.1, 0.15) is 17.6 Å². The molecule has 124 valence electrons. The summed E-state index contributed by atoms with van der Waals surface area (Å²) in [6.07, 6.45) is 2.31. The number of sulfonamides is 1. The Labute approximate surface area is 133 Å². The van der Waals surface area contributed by atoms with Crippen LogP contribution in [0.25, 0.3) is 0 Å². The van der Waals surface area contributed by atoms with Gasteiger partial charge in [0.05, 0.1) is 18.6 Å². The second-order valence-corrected chi connectivity index (χ2v) is 7.24. The van der Waals surface area contributed by atoms with E-state index in [-0.39, 0.29) is 30.3 Å². The van der Waals surface area contributed by atoms with Crippen molar-refractivity contribution >= 4 is 10.0 Å². The fraction of sp³-hybridized carbons (Fsp3) is 0.462. The van der Waals surface area contributed by atoms with Crippen molar-refractivity contribution in [2.24, 2.45) is 7.05 Å². The first-order valence-corrected chi connectivity index (χ1v) is 8.48. The molecule has 0 saturated carbocycles. The molecular formula is C13H17N5O4S. The highest BCUT2D eigenvalue weighted by Gasteiger charge is 2.33. The number of hydrogen-bond acceptors (Lipinski definition) is 6. The molecule has 1 atom stereocenters. The number of aromatic amines is 1. The van der Waals surface area contributed by atoms with Crippen LogP contribution < -0.4 is 5.56 Å². The zero-order valence-electron chi connectivity index (χ0n) is 12.8. The number of hydrogen-bond donors (Lipinski definition) is 1. The van der Waals surface area contributed by atoms with Crippen LogP contribution in [0.3, 0.4) is 0 Å². The SMILES string of the molecule is Cc1nc([C@@H]2CN(S(=O)(=O)c3cn(C)cn3)CCO2)cc(=O)[nH]1. The lowest BCUT2D eigenvalue weighted by atomic mass is 10.2. The minimum atomic E-state index is -3.69. The Bertz CT molecular complexity index is 872. The monoisotopic (exact) mass is 339 g/mol. The van der Waals surface area contributed by atoms with Gasteiger partial charge in [-0.3, -0.25) is 4.79 Å². The van der Waals surface area contributed by atoms with Crippen molar-refractivity contribution in [3.63, 3.8) is 0 Å². The number of nitrogens with one attached hydrogen (secondary N) is 1. The van der Waals surface area contributed by atoms with E-state index in [1.54, 1.807) is 18.5 Å². The quantitative estimate of drug-likeness (QED) is 0.813. The summed E-state index contributed by atoms with van der Waals surface area (Å²) in [6, 6.07) is 1.33. The molecule has 0 aliphatic carbocycles. The second kappa shape index (κ2) is 5.87. The Morgan fingerprint density at radius 3 is 2.87 bits per heavy atom. The van der Waals surface area contributed by atoms with E-state index >= 15 is 0 Å². The van der Waals surface area contributed by atoms with Crippen LogP contribution >= 0.6 is 0 Å². The molecule has 10 heteroatoms. The smallest absolute Gasteiger partial charge is 0.262 e. The van der Waals surface area contributed by atoms with Gasteiger partial charge < -0.3 is 14.3 Å². The first kappa shape index (κ1) is 15.8.